The van der Waals surface area contributed by atoms with E-state index in [2.05, 4.69) is 164 Å². The molecule has 0 aliphatic carbocycles. The Kier molecular flexibility index (Phi) is 5.57. The van der Waals surface area contributed by atoms with E-state index in [1.54, 1.807) is 0 Å². The van der Waals surface area contributed by atoms with Crippen LogP contribution in [0.25, 0.3) is 87.5 Å². The summed E-state index contributed by atoms with van der Waals surface area (Å²) in [6.45, 7) is 0. The number of benzene rings is 8. The van der Waals surface area contributed by atoms with Gasteiger partial charge in [-0.05, 0) is 84.2 Å². The van der Waals surface area contributed by atoms with Crippen LogP contribution in [0.15, 0.2) is 164 Å². The van der Waals surface area contributed by atoms with Crippen LogP contribution in [0.1, 0.15) is 0 Å². The van der Waals surface area contributed by atoms with Crippen molar-refractivity contribution in [2.45, 2.75) is 0 Å². The number of aromatic nitrogens is 1. The largest absolute Gasteiger partial charge is 0.247 e. The normalized spacial score (nSPS) is 11.6. The van der Waals surface area contributed by atoms with Crippen molar-refractivity contribution in [3.63, 3.8) is 0 Å². The van der Waals surface area contributed by atoms with Crippen LogP contribution in [0, 0.1) is 0 Å². The van der Waals surface area contributed by atoms with E-state index >= 15 is 0 Å². The van der Waals surface area contributed by atoms with Crippen molar-refractivity contribution < 1.29 is 0 Å². The fraction of sp³-hybridized carbons (Fsp3) is 0. The summed E-state index contributed by atoms with van der Waals surface area (Å²) in [4.78, 5) is 5.41. The Balaban J connectivity index is 1.39. The van der Waals surface area contributed by atoms with E-state index in [1.165, 1.54) is 65.3 Å². The van der Waals surface area contributed by atoms with Crippen LogP contribution in [-0.2, 0) is 0 Å². The van der Waals surface area contributed by atoms with Crippen LogP contribution in [0.3, 0.4) is 0 Å². The number of rotatable bonds is 3. The van der Waals surface area contributed by atoms with Gasteiger partial charge < -0.3 is 0 Å². The van der Waals surface area contributed by atoms with Gasteiger partial charge in [0.05, 0.1) is 11.2 Å². The zero-order valence-electron chi connectivity index (χ0n) is 24.0. The average Bonchev–Trinajstić information content (AvgIpc) is 3.10. The van der Waals surface area contributed by atoms with E-state index in [1.807, 2.05) is 0 Å². The van der Waals surface area contributed by atoms with Crippen molar-refractivity contribution in [2.24, 2.45) is 0 Å². The first-order valence-electron chi connectivity index (χ1n) is 15.1. The van der Waals surface area contributed by atoms with Gasteiger partial charge in [-0.3, -0.25) is 0 Å². The first-order chi connectivity index (χ1) is 21.8. The predicted octanol–water partition coefficient (Wildman–Crippen LogP) is 11.8. The molecule has 1 heteroatoms. The van der Waals surface area contributed by atoms with Gasteiger partial charge in [0.25, 0.3) is 0 Å². The molecule has 0 aliphatic heterocycles. The third-order valence-electron chi connectivity index (χ3n) is 9.00. The van der Waals surface area contributed by atoms with Gasteiger partial charge in [0, 0.05) is 16.3 Å². The Morgan fingerprint density at radius 2 is 0.841 bits per heavy atom. The molecule has 0 fully saturated rings. The van der Waals surface area contributed by atoms with E-state index in [-0.39, 0.29) is 0 Å². The summed E-state index contributed by atoms with van der Waals surface area (Å²) in [5.41, 5.74) is 7.97. The zero-order chi connectivity index (χ0) is 29.0. The van der Waals surface area contributed by atoms with Crippen LogP contribution in [-0.4, -0.2) is 4.98 Å². The minimum atomic E-state index is 0.977. The molecule has 0 N–H and O–H groups in total. The monoisotopic (exact) mass is 557 g/mol. The summed E-state index contributed by atoms with van der Waals surface area (Å²) < 4.78 is 0. The van der Waals surface area contributed by atoms with Crippen LogP contribution in [0.4, 0.5) is 0 Å². The lowest BCUT2D eigenvalue weighted by atomic mass is 9.86. The Bertz CT molecular complexity index is 2560. The molecule has 0 bridgehead atoms. The topological polar surface area (TPSA) is 12.9 Å². The molecule has 0 radical (unpaired) electrons. The van der Waals surface area contributed by atoms with Gasteiger partial charge in [0.15, 0.2) is 0 Å². The first kappa shape index (κ1) is 24.8. The van der Waals surface area contributed by atoms with Gasteiger partial charge in [-0.2, -0.15) is 0 Å². The number of hydrogen-bond acceptors (Lipinski definition) is 1. The second kappa shape index (κ2) is 9.90. The van der Waals surface area contributed by atoms with Gasteiger partial charge in [0.2, 0.25) is 0 Å². The molecule has 1 heterocycles. The maximum absolute atomic E-state index is 5.41. The van der Waals surface area contributed by atoms with E-state index in [0.29, 0.717) is 0 Å². The van der Waals surface area contributed by atoms with Crippen molar-refractivity contribution in [1.82, 2.24) is 4.98 Å². The lowest BCUT2D eigenvalue weighted by molar-refractivity contribution is 1.41. The molecule has 0 spiro atoms. The maximum atomic E-state index is 5.41. The molecule has 0 saturated carbocycles. The smallest absolute Gasteiger partial charge is 0.0787 e. The van der Waals surface area contributed by atoms with Gasteiger partial charge in [-0.15, -0.1) is 0 Å². The van der Waals surface area contributed by atoms with Crippen LogP contribution < -0.4 is 0 Å². The number of nitrogens with zero attached hydrogens (tertiary/aromatic N) is 1. The fourth-order valence-electron chi connectivity index (χ4n) is 6.84. The van der Waals surface area contributed by atoms with Crippen LogP contribution >= 0.6 is 0 Å². The molecular formula is C43H27N. The molecule has 204 valence electrons. The van der Waals surface area contributed by atoms with E-state index < -0.39 is 0 Å². The summed E-state index contributed by atoms with van der Waals surface area (Å²) in [5.74, 6) is 0. The highest BCUT2D eigenvalue weighted by Gasteiger charge is 2.18. The highest BCUT2D eigenvalue weighted by Crippen LogP contribution is 2.44. The minimum absolute atomic E-state index is 0.977. The van der Waals surface area contributed by atoms with Crippen molar-refractivity contribution in [3.8, 4) is 33.5 Å². The second-order valence-electron chi connectivity index (χ2n) is 11.6. The highest BCUT2D eigenvalue weighted by molar-refractivity contribution is 6.13. The molecule has 8 aromatic carbocycles. The fourth-order valence-corrected chi connectivity index (χ4v) is 6.84. The molecule has 0 aliphatic rings. The molecule has 0 unspecified atom stereocenters. The van der Waals surface area contributed by atoms with Gasteiger partial charge in [0.1, 0.15) is 0 Å². The third-order valence-corrected chi connectivity index (χ3v) is 9.00. The summed E-state index contributed by atoms with van der Waals surface area (Å²) in [7, 11) is 0. The van der Waals surface area contributed by atoms with Gasteiger partial charge in [-0.25, -0.2) is 4.98 Å². The Labute approximate surface area is 255 Å². The van der Waals surface area contributed by atoms with Crippen molar-refractivity contribution in [3.05, 3.63) is 164 Å². The van der Waals surface area contributed by atoms with Crippen molar-refractivity contribution in [1.29, 1.82) is 0 Å². The first-order valence-corrected chi connectivity index (χ1v) is 15.1. The molecule has 0 atom stereocenters. The number of pyridine rings is 1. The third kappa shape index (κ3) is 3.98. The quantitative estimate of drug-likeness (QED) is 0.197. The van der Waals surface area contributed by atoms with Gasteiger partial charge >= 0.3 is 0 Å². The standard InChI is InChI=1S/C43H27N/c1-3-12-32-25-34(21-17-28(32)9-1)39-27-40(41-24-23-31-20-19-30-11-5-6-14-36(30)43(31)44-41)42(38-16-8-7-15-37(38)39)35-22-18-29-10-2-4-13-33(29)26-35/h1-27H. The molecule has 44 heavy (non-hydrogen) atoms. The van der Waals surface area contributed by atoms with Gasteiger partial charge in [-0.1, -0.05) is 140 Å². The van der Waals surface area contributed by atoms with Crippen LogP contribution in [0.5, 0.6) is 0 Å². The van der Waals surface area contributed by atoms with Crippen molar-refractivity contribution >= 4 is 54.0 Å². The molecule has 9 rings (SSSR count). The summed E-state index contributed by atoms with van der Waals surface area (Å²) in [6, 6.07) is 59.3. The summed E-state index contributed by atoms with van der Waals surface area (Å²) in [5, 5.41) is 11.0. The Hall–Kier alpha value is -5.79. The SMILES string of the molecule is c1ccc2cc(-c3cc(-c4ccc5ccc6ccccc6c5n4)c(-c4ccc5ccccc5c4)c4ccccc34)ccc2c1. The van der Waals surface area contributed by atoms with E-state index in [0.717, 1.165) is 22.2 Å². The molecular weight excluding hydrogens is 530 g/mol. The minimum Gasteiger partial charge on any atom is -0.247 e. The van der Waals surface area contributed by atoms with Crippen molar-refractivity contribution in [2.75, 3.05) is 0 Å². The van der Waals surface area contributed by atoms with Crippen LogP contribution in [0.2, 0.25) is 0 Å². The number of fused-ring (bicyclic) bond motifs is 6. The predicted molar refractivity (Wildman–Crippen MR) is 188 cm³/mol. The molecule has 1 nitrogen and oxygen atoms in total. The lowest BCUT2D eigenvalue weighted by Crippen LogP contribution is -1.94. The molecule has 0 amide bonds. The summed E-state index contributed by atoms with van der Waals surface area (Å²) in [6.07, 6.45) is 0. The second-order valence-corrected chi connectivity index (χ2v) is 11.6. The summed E-state index contributed by atoms with van der Waals surface area (Å²) >= 11 is 0. The molecule has 1 aromatic heterocycles. The Morgan fingerprint density at radius 1 is 0.318 bits per heavy atom. The van der Waals surface area contributed by atoms with E-state index in [4.69, 9.17) is 4.98 Å². The maximum Gasteiger partial charge on any atom is 0.0787 e. The molecule has 9 aromatic rings. The lowest BCUT2D eigenvalue weighted by Gasteiger charge is -2.19. The highest BCUT2D eigenvalue weighted by atomic mass is 14.7. The molecule has 0 saturated heterocycles. The van der Waals surface area contributed by atoms with E-state index in [9.17, 15) is 0 Å². The number of hydrogen-bond donors (Lipinski definition) is 0. The Morgan fingerprint density at radius 3 is 1.59 bits per heavy atom. The average molecular weight is 558 g/mol. The zero-order valence-corrected chi connectivity index (χ0v) is 24.0.